The molecule has 1 N–H and O–H groups in total. The third kappa shape index (κ3) is 3.46. The molecule has 1 aromatic carbocycles. The number of aryl methyl sites for hydroxylation is 1. The molecule has 116 valence electrons. The molecule has 1 fully saturated rings. The molecule has 3 rings (SSSR count). The van der Waals surface area contributed by atoms with Gasteiger partial charge in [0.05, 0.1) is 12.3 Å². The molecule has 2 atom stereocenters. The quantitative estimate of drug-likeness (QED) is 0.922. The fourth-order valence-electron chi connectivity index (χ4n) is 2.71. The number of benzene rings is 1. The molecule has 1 aliphatic heterocycles. The molecule has 0 saturated carbocycles. The molecule has 2 aromatic rings. The summed E-state index contributed by atoms with van der Waals surface area (Å²) in [5.74, 6) is 0.841. The van der Waals surface area contributed by atoms with Crippen molar-refractivity contribution in [2.75, 3.05) is 19.7 Å². The van der Waals surface area contributed by atoms with E-state index in [0.717, 1.165) is 36.5 Å². The lowest BCUT2D eigenvalue weighted by Gasteiger charge is -2.32. The summed E-state index contributed by atoms with van der Waals surface area (Å²) in [6, 6.07) is 14.2. The molecule has 2 heterocycles. The van der Waals surface area contributed by atoms with Gasteiger partial charge in [0.25, 0.3) is 0 Å². The number of aromatic nitrogens is 1. The first-order chi connectivity index (χ1) is 10.9. The van der Waals surface area contributed by atoms with Crippen molar-refractivity contribution in [2.24, 2.45) is 0 Å². The van der Waals surface area contributed by atoms with Gasteiger partial charge in [0.1, 0.15) is 11.9 Å². The average molecular weight is 298 g/mol. The number of ether oxygens (including phenoxy) is 2. The SMILES string of the molecule is CCc1ncccc1OC(c1ccccc1)C1CNCCO1. The monoisotopic (exact) mass is 298 g/mol. The Hall–Kier alpha value is -1.91. The number of morpholine rings is 1. The number of hydrogen-bond acceptors (Lipinski definition) is 4. The summed E-state index contributed by atoms with van der Waals surface area (Å²) in [7, 11) is 0. The molecule has 0 spiro atoms. The van der Waals surface area contributed by atoms with Gasteiger partial charge in [-0.05, 0) is 24.1 Å². The van der Waals surface area contributed by atoms with Crippen LogP contribution in [0.2, 0.25) is 0 Å². The minimum Gasteiger partial charge on any atom is -0.481 e. The average Bonchev–Trinajstić information content (AvgIpc) is 2.61. The highest BCUT2D eigenvalue weighted by atomic mass is 16.5. The molecule has 22 heavy (non-hydrogen) atoms. The van der Waals surface area contributed by atoms with E-state index >= 15 is 0 Å². The van der Waals surface area contributed by atoms with E-state index in [-0.39, 0.29) is 12.2 Å². The van der Waals surface area contributed by atoms with Gasteiger partial charge in [-0.1, -0.05) is 37.3 Å². The molecule has 1 aromatic heterocycles. The maximum atomic E-state index is 6.33. The van der Waals surface area contributed by atoms with E-state index in [1.807, 2.05) is 36.5 Å². The van der Waals surface area contributed by atoms with Crippen LogP contribution in [0.3, 0.4) is 0 Å². The summed E-state index contributed by atoms with van der Waals surface area (Å²) < 4.78 is 12.3. The second kappa shape index (κ2) is 7.38. The van der Waals surface area contributed by atoms with Crippen LogP contribution in [0.5, 0.6) is 5.75 Å². The zero-order valence-electron chi connectivity index (χ0n) is 12.9. The first-order valence-corrected chi connectivity index (χ1v) is 7.86. The molecule has 1 saturated heterocycles. The lowest BCUT2D eigenvalue weighted by atomic mass is 10.0. The predicted molar refractivity (Wildman–Crippen MR) is 86.0 cm³/mol. The van der Waals surface area contributed by atoms with Crippen LogP contribution in [-0.2, 0) is 11.2 Å². The maximum absolute atomic E-state index is 6.33. The van der Waals surface area contributed by atoms with E-state index in [0.29, 0.717) is 6.61 Å². The topological polar surface area (TPSA) is 43.4 Å². The van der Waals surface area contributed by atoms with Crippen molar-refractivity contribution in [1.82, 2.24) is 10.3 Å². The standard InChI is InChI=1S/C18H22N2O2/c1-2-15-16(9-6-10-20-15)22-18(14-7-4-3-5-8-14)17-13-19-11-12-21-17/h3-10,17-19H,2,11-13H2,1H3. The Morgan fingerprint density at radius 3 is 2.86 bits per heavy atom. The van der Waals surface area contributed by atoms with E-state index in [9.17, 15) is 0 Å². The molecule has 0 bridgehead atoms. The second-order valence-corrected chi connectivity index (χ2v) is 5.36. The van der Waals surface area contributed by atoms with Crippen molar-refractivity contribution < 1.29 is 9.47 Å². The van der Waals surface area contributed by atoms with Crippen LogP contribution in [0, 0.1) is 0 Å². The fraction of sp³-hybridized carbons (Fsp3) is 0.389. The van der Waals surface area contributed by atoms with E-state index in [1.54, 1.807) is 0 Å². The smallest absolute Gasteiger partial charge is 0.151 e. The van der Waals surface area contributed by atoms with Gasteiger partial charge in [0.15, 0.2) is 6.10 Å². The Kier molecular flexibility index (Phi) is 5.03. The second-order valence-electron chi connectivity index (χ2n) is 5.36. The van der Waals surface area contributed by atoms with Gasteiger partial charge in [-0.2, -0.15) is 0 Å². The number of rotatable bonds is 5. The third-order valence-corrected chi connectivity index (χ3v) is 3.86. The number of nitrogens with one attached hydrogen (secondary N) is 1. The summed E-state index contributed by atoms with van der Waals surface area (Å²) in [5, 5.41) is 3.38. The van der Waals surface area contributed by atoms with E-state index < -0.39 is 0 Å². The predicted octanol–water partition coefficient (Wildman–Crippen LogP) is 2.75. The maximum Gasteiger partial charge on any atom is 0.151 e. The summed E-state index contributed by atoms with van der Waals surface area (Å²) in [4.78, 5) is 4.41. The Morgan fingerprint density at radius 2 is 2.14 bits per heavy atom. The van der Waals surface area contributed by atoms with Crippen molar-refractivity contribution in [2.45, 2.75) is 25.6 Å². The lowest BCUT2D eigenvalue weighted by Crippen LogP contribution is -2.43. The largest absolute Gasteiger partial charge is 0.481 e. The van der Waals surface area contributed by atoms with Crippen LogP contribution < -0.4 is 10.1 Å². The first kappa shape index (κ1) is 15.0. The van der Waals surface area contributed by atoms with Crippen molar-refractivity contribution in [3.05, 3.63) is 59.9 Å². The van der Waals surface area contributed by atoms with Crippen LogP contribution in [0.15, 0.2) is 48.7 Å². The zero-order valence-corrected chi connectivity index (χ0v) is 12.9. The molecule has 0 aliphatic carbocycles. The molecule has 4 nitrogen and oxygen atoms in total. The van der Waals surface area contributed by atoms with Crippen molar-refractivity contribution in [1.29, 1.82) is 0 Å². The number of nitrogens with zero attached hydrogens (tertiary/aromatic N) is 1. The minimum atomic E-state index is -0.136. The Balaban J connectivity index is 1.88. The zero-order chi connectivity index (χ0) is 15.2. The van der Waals surface area contributed by atoms with E-state index in [1.165, 1.54) is 0 Å². The van der Waals surface area contributed by atoms with Crippen LogP contribution in [0.4, 0.5) is 0 Å². The molecule has 2 unspecified atom stereocenters. The summed E-state index contributed by atoms with van der Waals surface area (Å²) in [6.45, 7) is 4.49. The van der Waals surface area contributed by atoms with Crippen molar-refractivity contribution >= 4 is 0 Å². The molecule has 4 heteroatoms. The Bertz CT molecular complexity index is 583. The number of hydrogen-bond donors (Lipinski definition) is 1. The third-order valence-electron chi connectivity index (χ3n) is 3.86. The van der Waals surface area contributed by atoms with Crippen molar-refractivity contribution in [3.63, 3.8) is 0 Å². The minimum absolute atomic E-state index is 0.000984. The van der Waals surface area contributed by atoms with Gasteiger partial charge >= 0.3 is 0 Å². The molecular weight excluding hydrogens is 276 g/mol. The van der Waals surface area contributed by atoms with Crippen LogP contribution in [0.1, 0.15) is 24.3 Å². The van der Waals surface area contributed by atoms with Gasteiger partial charge in [-0.3, -0.25) is 4.98 Å². The molecular formula is C18H22N2O2. The molecule has 0 amide bonds. The van der Waals surface area contributed by atoms with Gasteiger partial charge < -0.3 is 14.8 Å². The van der Waals surface area contributed by atoms with Gasteiger partial charge in [0, 0.05) is 19.3 Å². The Morgan fingerprint density at radius 1 is 1.27 bits per heavy atom. The highest BCUT2D eigenvalue weighted by Crippen LogP contribution is 2.28. The van der Waals surface area contributed by atoms with Crippen LogP contribution in [-0.4, -0.2) is 30.8 Å². The van der Waals surface area contributed by atoms with E-state index in [2.05, 4.69) is 29.4 Å². The molecule has 0 radical (unpaired) electrons. The fourth-order valence-corrected chi connectivity index (χ4v) is 2.71. The molecule has 1 aliphatic rings. The van der Waals surface area contributed by atoms with Gasteiger partial charge in [-0.15, -0.1) is 0 Å². The summed E-state index contributed by atoms with van der Waals surface area (Å²) in [6.07, 6.45) is 2.52. The van der Waals surface area contributed by atoms with Gasteiger partial charge in [0.2, 0.25) is 0 Å². The van der Waals surface area contributed by atoms with Crippen LogP contribution in [0.25, 0.3) is 0 Å². The summed E-state index contributed by atoms with van der Waals surface area (Å²) in [5.41, 5.74) is 2.11. The van der Waals surface area contributed by atoms with Crippen molar-refractivity contribution in [3.8, 4) is 5.75 Å². The van der Waals surface area contributed by atoms with Crippen LogP contribution >= 0.6 is 0 Å². The Labute approximate surface area is 131 Å². The normalized spacial score (nSPS) is 19.6. The lowest BCUT2D eigenvalue weighted by molar-refractivity contribution is -0.0436. The highest BCUT2D eigenvalue weighted by molar-refractivity contribution is 5.29. The van der Waals surface area contributed by atoms with Gasteiger partial charge in [-0.25, -0.2) is 0 Å². The van der Waals surface area contributed by atoms with E-state index in [4.69, 9.17) is 9.47 Å². The summed E-state index contributed by atoms with van der Waals surface area (Å²) >= 11 is 0. The number of pyridine rings is 1. The highest BCUT2D eigenvalue weighted by Gasteiger charge is 2.28. The first-order valence-electron chi connectivity index (χ1n) is 7.86.